The summed E-state index contributed by atoms with van der Waals surface area (Å²) in [6, 6.07) is 48.5. The van der Waals surface area contributed by atoms with Crippen molar-refractivity contribution in [2.45, 2.75) is 132 Å². The summed E-state index contributed by atoms with van der Waals surface area (Å²) in [5, 5.41) is 0. The minimum atomic E-state index is 1.32. The standard InChI is InChI=1S/C12H18.2C9H12.3C8H10.C7H8/c1-7-8(2)10(4)12(6)11(5)9(7)3;1-7-4-8(2)6-9(3)5-7;1-7-4-5-8(2)9(3)6-7;1-7-4-3-5-8(2)6-7;2*1-7-5-3-4-6-8(7)2;1-7-5-3-2-4-6-7/h1-6H3;2*4-6H,1-3H3;3*3-6H,1-2H3;2-6H,1H3. The largest absolute Gasteiger partial charge is 0.0622 e. The van der Waals surface area contributed by atoms with Gasteiger partial charge in [0.1, 0.15) is 0 Å². The highest BCUT2D eigenvalue weighted by Gasteiger charge is 2.07. The molecule has 0 nitrogen and oxygen atoms in total. The Morgan fingerprint density at radius 3 is 0.623 bits per heavy atom. The van der Waals surface area contributed by atoms with E-state index >= 15 is 0 Å². The Morgan fingerprint density at radius 1 is 0.164 bits per heavy atom. The van der Waals surface area contributed by atoms with Gasteiger partial charge in [-0.1, -0.05) is 178 Å². The summed E-state index contributed by atoms with van der Waals surface area (Å²) in [5.41, 5.74) is 26.4. The molecule has 0 radical (unpaired) electrons. The number of aryl methyl sites for hydroxylation is 13. The first-order valence-electron chi connectivity index (χ1n) is 21.9. The average molecular weight is 813 g/mol. The Kier molecular flexibility index (Phi) is 24.7. The normalized spacial score (nSPS) is 9.56. The van der Waals surface area contributed by atoms with Gasteiger partial charge in [0.25, 0.3) is 0 Å². The van der Waals surface area contributed by atoms with E-state index in [4.69, 9.17) is 0 Å². The fraction of sp³-hybridized carbons (Fsp3) is 0.311. The molecule has 0 aliphatic rings. The number of rotatable bonds is 0. The summed E-state index contributed by atoms with van der Waals surface area (Å²) in [7, 11) is 0. The molecule has 0 spiro atoms. The molecule has 0 aliphatic heterocycles. The molecule has 61 heavy (non-hydrogen) atoms. The highest BCUT2D eigenvalue weighted by Crippen LogP contribution is 2.24. The van der Waals surface area contributed by atoms with Crippen LogP contribution in [0.15, 0.2) is 140 Å². The summed E-state index contributed by atoms with van der Waals surface area (Å²) in [6.45, 7) is 40.8. The van der Waals surface area contributed by atoms with Gasteiger partial charge in [-0.15, -0.1) is 0 Å². The molecule has 0 heterocycles. The van der Waals surface area contributed by atoms with Gasteiger partial charge in [-0.2, -0.15) is 0 Å². The zero-order valence-corrected chi connectivity index (χ0v) is 41.8. The third-order valence-corrected chi connectivity index (χ3v) is 11.4. The predicted octanol–water partition coefficient (Wildman–Crippen LogP) is 17.7. The van der Waals surface area contributed by atoms with Crippen LogP contribution < -0.4 is 0 Å². The molecule has 0 saturated heterocycles. The van der Waals surface area contributed by atoms with E-state index in [1.165, 1.54) is 106 Å². The van der Waals surface area contributed by atoms with E-state index in [9.17, 15) is 0 Å². The summed E-state index contributed by atoms with van der Waals surface area (Å²) in [6.07, 6.45) is 0. The van der Waals surface area contributed by atoms with Crippen molar-refractivity contribution in [1.29, 1.82) is 0 Å². The van der Waals surface area contributed by atoms with Crippen LogP contribution in [0.5, 0.6) is 0 Å². The number of hydrogen-bond donors (Lipinski definition) is 0. The van der Waals surface area contributed by atoms with Crippen molar-refractivity contribution in [2.24, 2.45) is 0 Å². The Balaban J connectivity index is 0.000000358. The molecular weight excluding hydrogens is 733 g/mol. The Labute approximate surface area is 375 Å². The van der Waals surface area contributed by atoms with Crippen molar-refractivity contribution in [3.8, 4) is 0 Å². The van der Waals surface area contributed by atoms with Crippen molar-refractivity contribution in [3.05, 3.63) is 245 Å². The lowest BCUT2D eigenvalue weighted by atomic mass is 9.90. The lowest BCUT2D eigenvalue weighted by molar-refractivity contribution is 1.13. The van der Waals surface area contributed by atoms with Crippen molar-refractivity contribution in [2.75, 3.05) is 0 Å². The second-order valence-electron chi connectivity index (χ2n) is 17.0. The topological polar surface area (TPSA) is 0 Å². The van der Waals surface area contributed by atoms with Crippen LogP contribution >= 0.6 is 0 Å². The smallest absolute Gasteiger partial charge is 0.0392 e. The Bertz CT molecular complexity index is 2080. The molecule has 0 fully saturated rings. The molecule has 7 rings (SSSR count). The van der Waals surface area contributed by atoms with Gasteiger partial charge in [-0.3, -0.25) is 0 Å². The van der Waals surface area contributed by atoms with E-state index < -0.39 is 0 Å². The molecule has 7 aromatic rings. The van der Waals surface area contributed by atoms with Crippen LogP contribution in [0.3, 0.4) is 0 Å². The Morgan fingerprint density at radius 2 is 0.410 bits per heavy atom. The second kappa shape index (κ2) is 28.1. The van der Waals surface area contributed by atoms with Crippen LogP contribution in [0.2, 0.25) is 0 Å². The fourth-order valence-electron chi connectivity index (χ4n) is 6.45. The maximum absolute atomic E-state index is 2.21. The van der Waals surface area contributed by atoms with Crippen LogP contribution in [0.4, 0.5) is 0 Å². The first-order valence-corrected chi connectivity index (χ1v) is 21.9. The van der Waals surface area contributed by atoms with Crippen LogP contribution in [0.1, 0.15) is 106 Å². The van der Waals surface area contributed by atoms with Gasteiger partial charge in [0.15, 0.2) is 0 Å². The van der Waals surface area contributed by atoms with E-state index in [1.54, 1.807) is 0 Å². The minimum Gasteiger partial charge on any atom is -0.0622 e. The van der Waals surface area contributed by atoms with Gasteiger partial charge in [-0.25, -0.2) is 0 Å². The van der Waals surface area contributed by atoms with Gasteiger partial charge in [0.05, 0.1) is 0 Å². The monoisotopic (exact) mass is 813 g/mol. The third kappa shape index (κ3) is 21.6. The third-order valence-electron chi connectivity index (χ3n) is 11.4. The molecule has 0 amide bonds. The molecule has 7 aromatic carbocycles. The highest BCUT2D eigenvalue weighted by atomic mass is 14.1. The first kappa shape index (κ1) is 53.6. The van der Waals surface area contributed by atoms with E-state index in [1.807, 2.05) is 18.2 Å². The maximum atomic E-state index is 2.21. The second-order valence-corrected chi connectivity index (χ2v) is 17.0. The van der Waals surface area contributed by atoms with Gasteiger partial charge in [0.2, 0.25) is 0 Å². The summed E-state index contributed by atoms with van der Waals surface area (Å²) in [5.74, 6) is 0. The van der Waals surface area contributed by atoms with Crippen LogP contribution in [-0.4, -0.2) is 0 Å². The van der Waals surface area contributed by atoms with Crippen molar-refractivity contribution in [3.63, 3.8) is 0 Å². The van der Waals surface area contributed by atoms with E-state index in [0.717, 1.165) is 0 Å². The van der Waals surface area contributed by atoms with Crippen LogP contribution in [0, 0.1) is 132 Å². The van der Waals surface area contributed by atoms with Gasteiger partial charge in [-0.05, 0) is 198 Å². The van der Waals surface area contributed by atoms with Gasteiger partial charge in [0, 0.05) is 0 Å². The SMILES string of the molecule is Cc1c(C)c(C)c(C)c(C)c1C.Cc1cc(C)cc(C)c1.Cc1ccc(C)c(C)c1.Cc1cccc(C)c1.Cc1ccccc1.Cc1ccccc1C.Cc1ccccc1C. The molecular formula is C61H80. The molecule has 0 atom stereocenters. The van der Waals surface area contributed by atoms with Crippen molar-refractivity contribution >= 4 is 0 Å². The Hall–Kier alpha value is -5.46. The van der Waals surface area contributed by atoms with Gasteiger partial charge < -0.3 is 0 Å². The quantitative estimate of drug-likeness (QED) is 0.143. The lowest BCUT2D eigenvalue weighted by Crippen LogP contribution is -1.98. The first-order chi connectivity index (χ1) is 28.6. The molecule has 0 aromatic heterocycles. The minimum absolute atomic E-state index is 1.32. The molecule has 324 valence electrons. The van der Waals surface area contributed by atoms with Crippen LogP contribution in [-0.2, 0) is 0 Å². The molecule has 0 heteroatoms. The molecule has 0 unspecified atom stereocenters. The molecule has 0 N–H and O–H groups in total. The molecule has 0 aliphatic carbocycles. The number of hydrogen-bond acceptors (Lipinski definition) is 0. The van der Waals surface area contributed by atoms with E-state index in [2.05, 4.69) is 253 Å². The summed E-state index contributed by atoms with van der Waals surface area (Å²) in [4.78, 5) is 0. The predicted molar refractivity (Wildman–Crippen MR) is 275 cm³/mol. The summed E-state index contributed by atoms with van der Waals surface area (Å²) < 4.78 is 0. The van der Waals surface area contributed by atoms with E-state index in [0.29, 0.717) is 0 Å². The zero-order valence-electron chi connectivity index (χ0n) is 41.8. The average Bonchev–Trinajstić information content (AvgIpc) is 3.20. The van der Waals surface area contributed by atoms with Crippen molar-refractivity contribution < 1.29 is 0 Å². The van der Waals surface area contributed by atoms with Crippen molar-refractivity contribution in [1.82, 2.24) is 0 Å². The maximum Gasteiger partial charge on any atom is -0.0392 e. The fourth-order valence-corrected chi connectivity index (χ4v) is 6.45. The number of benzene rings is 7. The summed E-state index contributed by atoms with van der Waals surface area (Å²) >= 11 is 0. The zero-order chi connectivity index (χ0) is 46.2. The molecule has 0 saturated carbocycles. The molecule has 0 bridgehead atoms. The van der Waals surface area contributed by atoms with E-state index in [-0.39, 0.29) is 0 Å². The van der Waals surface area contributed by atoms with Crippen LogP contribution in [0.25, 0.3) is 0 Å². The van der Waals surface area contributed by atoms with Gasteiger partial charge >= 0.3 is 0 Å². The lowest BCUT2D eigenvalue weighted by Gasteiger charge is -2.15. The highest BCUT2D eigenvalue weighted by molar-refractivity contribution is 5.48.